The Morgan fingerprint density at radius 1 is 0.818 bits per heavy atom. The fraction of sp³-hybridized carbons (Fsp3) is 0.200. The van der Waals surface area contributed by atoms with Crippen molar-refractivity contribution in [3.05, 3.63) is 64.7 Å². The van der Waals surface area contributed by atoms with Crippen molar-refractivity contribution >= 4 is 27.8 Å². The third-order valence-electron chi connectivity index (χ3n) is 4.18. The number of nitrogens with one attached hydrogen (secondary N) is 1. The number of hydrogen-bond donors (Lipinski definition) is 2. The van der Waals surface area contributed by atoms with Gasteiger partial charge in [0.2, 0.25) is 0 Å². The van der Waals surface area contributed by atoms with Crippen LogP contribution in [0.3, 0.4) is 0 Å². The lowest BCUT2D eigenvalue weighted by atomic mass is 9.96. The number of hydrogen-bond acceptors (Lipinski definition) is 2. The van der Waals surface area contributed by atoms with E-state index in [0.717, 1.165) is 22.4 Å². The Morgan fingerprint density at radius 3 is 2.18 bits per heavy atom. The summed E-state index contributed by atoms with van der Waals surface area (Å²) in [6, 6.07) is 14.9. The minimum atomic E-state index is 0.847. The zero-order valence-electron chi connectivity index (χ0n) is 13.6. The van der Waals surface area contributed by atoms with Crippen molar-refractivity contribution in [2.75, 3.05) is 11.1 Å². The monoisotopic (exact) mass is 290 g/mol. The van der Waals surface area contributed by atoms with Gasteiger partial charge in [0.1, 0.15) is 0 Å². The molecule has 3 N–H and O–H groups in total. The number of anilines is 3. The summed E-state index contributed by atoms with van der Waals surface area (Å²) in [7, 11) is 0. The Kier molecular flexibility index (Phi) is 3.53. The highest BCUT2D eigenvalue weighted by Crippen LogP contribution is 2.35. The molecule has 0 amide bonds. The van der Waals surface area contributed by atoms with Gasteiger partial charge in [0, 0.05) is 22.4 Å². The van der Waals surface area contributed by atoms with E-state index >= 15 is 0 Å². The van der Waals surface area contributed by atoms with E-state index in [1.54, 1.807) is 0 Å². The van der Waals surface area contributed by atoms with Crippen LogP contribution in [0.2, 0.25) is 0 Å². The summed E-state index contributed by atoms with van der Waals surface area (Å²) in [6.45, 7) is 8.46. The fourth-order valence-corrected chi connectivity index (χ4v) is 3.09. The summed E-state index contributed by atoms with van der Waals surface area (Å²) < 4.78 is 0. The lowest BCUT2D eigenvalue weighted by Gasteiger charge is -2.17. The van der Waals surface area contributed by atoms with E-state index in [2.05, 4.69) is 69.4 Å². The van der Waals surface area contributed by atoms with E-state index in [1.807, 2.05) is 6.07 Å². The highest BCUT2D eigenvalue weighted by atomic mass is 14.9. The largest absolute Gasteiger partial charge is 0.398 e. The van der Waals surface area contributed by atoms with Crippen molar-refractivity contribution in [1.29, 1.82) is 0 Å². The quantitative estimate of drug-likeness (QED) is 0.620. The van der Waals surface area contributed by atoms with E-state index in [0.29, 0.717) is 0 Å². The van der Waals surface area contributed by atoms with E-state index in [-0.39, 0.29) is 0 Å². The molecular formula is C20H22N2. The van der Waals surface area contributed by atoms with Gasteiger partial charge >= 0.3 is 0 Å². The molecule has 2 heteroatoms. The molecule has 3 aromatic carbocycles. The zero-order chi connectivity index (χ0) is 15.9. The van der Waals surface area contributed by atoms with E-state index in [4.69, 9.17) is 5.73 Å². The molecule has 112 valence electrons. The normalized spacial score (nSPS) is 10.9. The van der Waals surface area contributed by atoms with Gasteiger partial charge in [0.15, 0.2) is 0 Å². The molecule has 0 radical (unpaired) electrons. The van der Waals surface area contributed by atoms with Crippen molar-refractivity contribution < 1.29 is 0 Å². The Balaban J connectivity index is 2.15. The van der Waals surface area contributed by atoms with Crippen LogP contribution < -0.4 is 11.1 Å². The minimum Gasteiger partial charge on any atom is -0.398 e. The predicted octanol–water partition coefficient (Wildman–Crippen LogP) is 5.40. The van der Waals surface area contributed by atoms with E-state index in [9.17, 15) is 0 Å². The maximum absolute atomic E-state index is 6.26. The average molecular weight is 290 g/mol. The molecule has 0 aliphatic heterocycles. The van der Waals surface area contributed by atoms with Gasteiger partial charge in [-0.3, -0.25) is 0 Å². The molecule has 2 nitrogen and oxygen atoms in total. The molecule has 3 rings (SSSR count). The van der Waals surface area contributed by atoms with Gasteiger partial charge in [0.25, 0.3) is 0 Å². The first-order valence-electron chi connectivity index (χ1n) is 7.59. The van der Waals surface area contributed by atoms with Crippen LogP contribution in [0.4, 0.5) is 17.1 Å². The molecule has 0 fully saturated rings. The molecule has 0 saturated carbocycles. The van der Waals surface area contributed by atoms with Crippen LogP contribution in [-0.2, 0) is 0 Å². The van der Waals surface area contributed by atoms with Crippen molar-refractivity contribution in [1.82, 2.24) is 0 Å². The van der Waals surface area contributed by atoms with Crippen LogP contribution in [0.5, 0.6) is 0 Å². The highest BCUT2D eigenvalue weighted by molar-refractivity contribution is 6.00. The fourth-order valence-electron chi connectivity index (χ4n) is 3.09. The van der Waals surface area contributed by atoms with Gasteiger partial charge in [-0.25, -0.2) is 0 Å². The maximum Gasteiger partial charge on any atom is 0.0450 e. The van der Waals surface area contributed by atoms with Crippen LogP contribution in [-0.4, -0.2) is 0 Å². The van der Waals surface area contributed by atoms with Crippen molar-refractivity contribution in [2.45, 2.75) is 27.7 Å². The average Bonchev–Trinajstić information content (AvgIpc) is 2.44. The summed E-state index contributed by atoms with van der Waals surface area (Å²) in [6.07, 6.45) is 0. The van der Waals surface area contributed by atoms with E-state index in [1.165, 1.54) is 27.6 Å². The summed E-state index contributed by atoms with van der Waals surface area (Å²) in [4.78, 5) is 0. The number of nitrogen functional groups attached to an aromatic ring is 1. The third kappa shape index (κ3) is 2.52. The highest BCUT2D eigenvalue weighted by Gasteiger charge is 2.11. The molecule has 0 saturated heterocycles. The number of aryl methyl sites for hydroxylation is 4. The Morgan fingerprint density at radius 2 is 1.50 bits per heavy atom. The zero-order valence-corrected chi connectivity index (χ0v) is 13.6. The minimum absolute atomic E-state index is 0.847. The third-order valence-corrected chi connectivity index (χ3v) is 4.18. The Labute approximate surface area is 132 Å². The lowest BCUT2D eigenvalue weighted by Crippen LogP contribution is -1.99. The van der Waals surface area contributed by atoms with Crippen LogP contribution in [0.15, 0.2) is 42.5 Å². The molecule has 3 aromatic rings. The first kappa shape index (κ1) is 14.5. The molecule has 0 aromatic heterocycles. The van der Waals surface area contributed by atoms with Gasteiger partial charge in [0.05, 0.1) is 0 Å². The molecule has 0 spiro atoms. The number of rotatable bonds is 2. The van der Waals surface area contributed by atoms with E-state index < -0.39 is 0 Å². The summed E-state index contributed by atoms with van der Waals surface area (Å²) in [5, 5.41) is 5.90. The predicted molar refractivity (Wildman–Crippen MR) is 97.0 cm³/mol. The van der Waals surface area contributed by atoms with Gasteiger partial charge in [-0.2, -0.15) is 0 Å². The summed E-state index contributed by atoms with van der Waals surface area (Å²) in [5.41, 5.74) is 14.2. The number of fused-ring (bicyclic) bond motifs is 1. The molecule has 22 heavy (non-hydrogen) atoms. The summed E-state index contributed by atoms with van der Waals surface area (Å²) >= 11 is 0. The van der Waals surface area contributed by atoms with Crippen molar-refractivity contribution in [3.8, 4) is 0 Å². The molecular weight excluding hydrogens is 268 g/mol. The molecule has 0 unspecified atom stereocenters. The summed E-state index contributed by atoms with van der Waals surface area (Å²) in [5.74, 6) is 0. The number of benzene rings is 3. The number of nitrogens with two attached hydrogens (primary N) is 1. The maximum atomic E-state index is 6.26. The first-order chi connectivity index (χ1) is 10.5. The molecule has 0 bridgehead atoms. The smallest absolute Gasteiger partial charge is 0.0450 e. The van der Waals surface area contributed by atoms with Crippen LogP contribution in [0, 0.1) is 27.7 Å². The SMILES string of the molecule is Cc1ccc(Nc2c(C)cc3cc(C)cc(N)c3c2C)cc1. The van der Waals surface area contributed by atoms with Gasteiger partial charge in [-0.05, 0) is 74.0 Å². The second-order valence-corrected chi connectivity index (χ2v) is 6.14. The van der Waals surface area contributed by atoms with Gasteiger partial charge < -0.3 is 11.1 Å². The first-order valence-corrected chi connectivity index (χ1v) is 7.59. The van der Waals surface area contributed by atoms with Crippen LogP contribution in [0.25, 0.3) is 10.8 Å². The Bertz CT molecular complexity index is 846. The van der Waals surface area contributed by atoms with Crippen molar-refractivity contribution in [2.24, 2.45) is 0 Å². The standard InChI is InChI=1S/C20H22N2/c1-12-5-7-17(8-6-12)22-20-14(3)11-16-9-13(2)10-18(21)19(16)15(20)4/h5-11,22H,21H2,1-4H3. The second kappa shape index (κ2) is 5.38. The van der Waals surface area contributed by atoms with Crippen LogP contribution in [0.1, 0.15) is 22.3 Å². The topological polar surface area (TPSA) is 38.0 Å². The molecule has 0 heterocycles. The Hall–Kier alpha value is -2.48. The van der Waals surface area contributed by atoms with Crippen molar-refractivity contribution in [3.63, 3.8) is 0 Å². The molecule has 0 aliphatic carbocycles. The second-order valence-electron chi connectivity index (χ2n) is 6.14. The van der Waals surface area contributed by atoms with Crippen LogP contribution >= 0.6 is 0 Å². The van der Waals surface area contributed by atoms with Gasteiger partial charge in [-0.1, -0.05) is 23.8 Å². The van der Waals surface area contributed by atoms with Gasteiger partial charge in [-0.15, -0.1) is 0 Å². The molecule has 0 atom stereocenters. The molecule has 0 aliphatic rings. The lowest BCUT2D eigenvalue weighted by molar-refractivity contribution is 1.38.